The summed E-state index contributed by atoms with van der Waals surface area (Å²) in [6.45, 7) is 7.72. The Balaban J connectivity index is 1.96. The first-order valence-corrected chi connectivity index (χ1v) is 10.4. The second-order valence-electron chi connectivity index (χ2n) is 6.29. The minimum atomic E-state index is -3.68. The fourth-order valence-electron chi connectivity index (χ4n) is 3.13. The highest BCUT2D eigenvalue weighted by molar-refractivity contribution is 7.89. The third-order valence-electron chi connectivity index (χ3n) is 4.58. The average Bonchev–Trinajstić information content (AvgIpc) is 2.72. The van der Waals surface area contributed by atoms with Gasteiger partial charge < -0.3 is 19.7 Å². The van der Waals surface area contributed by atoms with Crippen LogP contribution in [0.3, 0.4) is 0 Å². The van der Waals surface area contributed by atoms with Gasteiger partial charge >= 0.3 is 0 Å². The van der Waals surface area contributed by atoms with E-state index in [9.17, 15) is 13.2 Å². The maximum absolute atomic E-state index is 13.0. The molecule has 1 aromatic carbocycles. The minimum absolute atomic E-state index is 0.116. The second kappa shape index (κ2) is 8.83. The van der Waals surface area contributed by atoms with Crippen LogP contribution < -0.4 is 10.2 Å². The molecule has 0 atom stereocenters. The van der Waals surface area contributed by atoms with Crippen LogP contribution in [-0.2, 0) is 19.5 Å². The molecule has 2 aliphatic heterocycles. The monoisotopic (exact) mass is 395 g/mol. The summed E-state index contributed by atoms with van der Waals surface area (Å²) in [6.07, 6.45) is 1.58. The lowest BCUT2D eigenvalue weighted by Crippen LogP contribution is -2.41. The van der Waals surface area contributed by atoms with Gasteiger partial charge in [-0.05, 0) is 18.2 Å². The standard InChI is InChI=1S/C18H25N3O5S/c1-2-5-19-18(22)16-14-15(27(23,24)21-8-12-26-13-9-21)3-4-17(16)20-6-10-25-11-7-20/h2-4,14H,1,5-13H2,(H,19,22). The highest BCUT2D eigenvalue weighted by Gasteiger charge is 2.28. The Bertz CT molecular complexity index is 784. The number of rotatable bonds is 6. The summed E-state index contributed by atoms with van der Waals surface area (Å²) in [4.78, 5) is 14.8. The van der Waals surface area contributed by atoms with Gasteiger partial charge in [0.2, 0.25) is 10.0 Å². The van der Waals surface area contributed by atoms with Gasteiger partial charge in [-0.25, -0.2) is 8.42 Å². The van der Waals surface area contributed by atoms with Gasteiger partial charge in [-0.2, -0.15) is 4.31 Å². The molecule has 2 saturated heterocycles. The fraction of sp³-hybridized carbons (Fsp3) is 0.500. The lowest BCUT2D eigenvalue weighted by atomic mass is 10.1. The summed E-state index contributed by atoms with van der Waals surface area (Å²) >= 11 is 0. The largest absolute Gasteiger partial charge is 0.379 e. The zero-order chi connectivity index (χ0) is 19.3. The second-order valence-corrected chi connectivity index (χ2v) is 8.23. The number of carbonyl (C=O) groups is 1. The summed E-state index contributed by atoms with van der Waals surface area (Å²) in [5, 5.41) is 2.74. The molecule has 0 bridgehead atoms. The summed E-state index contributed by atoms with van der Waals surface area (Å²) in [5.74, 6) is -0.324. The summed E-state index contributed by atoms with van der Waals surface area (Å²) in [5.41, 5.74) is 1.05. The summed E-state index contributed by atoms with van der Waals surface area (Å²) in [6, 6.07) is 4.75. The number of nitrogens with zero attached hydrogens (tertiary/aromatic N) is 2. The van der Waals surface area contributed by atoms with E-state index in [1.165, 1.54) is 10.4 Å². The van der Waals surface area contributed by atoms with Crippen LogP contribution in [0.4, 0.5) is 5.69 Å². The van der Waals surface area contributed by atoms with E-state index < -0.39 is 10.0 Å². The average molecular weight is 395 g/mol. The number of sulfonamides is 1. The Morgan fingerprint density at radius 1 is 1.11 bits per heavy atom. The van der Waals surface area contributed by atoms with Crippen LogP contribution in [0.2, 0.25) is 0 Å². The van der Waals surface area contributed by atoms with Gasteiger partial charge in [-0.1, -0.05) is 6.08 Å². The van der Waals surface area contributed by atoms with Gasteiger partial charge in [-0.15, -0.1) is 6.58 Å². The highest BCUT2D eigenvalue weighted by atomic mass is 32.2. The maximum atomic E-state index is 13.0. The predicted molar refractivity (Wildman–Crippen MR) is 102 cm³/mol. The molecule has 0 unspecified atom stereocenters. The molecule has 148 valence electrons. The van der Waals surface area contributed by atoms with Crippen molar-refractivity contribution in [2.24, 2.45) is 0 Å². The molecule has 1 amide bonds. The van der Waals surface area contributed by atoms with Crippen molar-refractivity contribution in [3.8, 4) is 0 Å². The number of benzene rings is 1. The molecule has 27 heavy (non-hydrogen) atoms. The molecule has 0 spiro atoms. The molecule has 1 N–H and O–H groups in total. The third-order valence-corrected chi connectivity index (χ3v) is 6.47. The van der Waals surface area contributed by atoms with E-state index in [2.05, 4.69) is 11.9 Å². The zero-order valence-corrected chi connectivity index (χ0v) is 16.0. The van der Waals surface area contributed by atoms with E-state index in [4.69, 9.17) is 9.47 Å². The van der Waals surface area contributed by atoms with Crippen molar-refractivity contribution in [2.75, 3.05) is 64.1 Å². The first-order chi connectivity index (χ1) is 13.0. The van der Waals surface area contributed by atoms with Crippen LogP contribution in [0.15, 0.2) is 35.7 Å². The lowest BCUT2D eigenvalue weighted by molar-refractivity contribution is 0.0730. The first kappa shape index (κ1) is 19.8. The quantitative estimate of drug-likeness (QED) is 0.704. The van der Waals surface area contributed by atoms with Gasteiger partial charge in [-0.3, -0.25) is 4.79 Å². The molecular weight excluding hydrogens is 370 g/mol. The molecule has 2 fully saturated rings. The Morgan fingerprint density at radius 3 is 2.37 bits per heavy atom. The smallest absolute Gasteiger partial charge is 0.253 e. The van der Waals surface area contributed by atoms with Crippen LogP contribution in [-0.4, -0.2) is 77.8 Å². The number of nitrogens with one attached hydrogen (secondary N) is 1. The number of carbonyl (C=O) groups excluding carboxylic acids is 1. The van der Waals surface area contributed by atoms with E-state index in [0.717, 1.165) is 0 Å². The van der Waals surface area contributed by atoms with Crippen LogP contribution in [0.1, 0.15) is 10.4 Å². The summed E-state index contributed by atoms with van der Waals surface area (Å²) < 4.78 is 37.9. The van der Waals surface area contributed by atoms with Crippen molar-refractivity contribution >= 4 is 21.6 Å². The van der Waals surface area contributed by atoms with E-state index in [1.807, 2.05) is 4.90 Å². The van der Waals surface area contributed by atoms with Gasteiger partial charge in [0, 0.05) is 38.4 Å². The molecule has 0 radical (unpaired) electrons. The van der Waals surface area contributed by atoms with Crippen LogP contribution >= 0.6 is 0 Å². The first-order valence-electron chi connectivity index (χ1n) is 8.98. The van der Waals surface area contributed by atoms with Crippen molar-refractivity contribution < 1.29 is 22.7 Å². The minimum Gasteiger partial charge on any atom is -0.379 e. The van der Waals surface area contributed by atoms with Crippen molar-refractivity contribution in [2.45, 2.75) is 4.90 Å². The zero-order valence-electron chi connectivity index (χ0n) is 15.2. The molecule has 0 saturated carbocycles. The lowest BCUT2D eigenvalue weighted by Gasteiger charge is -2.31. The molecule has 3 rings (SSSR count). The third kappa shape index (κ3) is 4.49. The molecular formula is C18H25N3O5S. The van der Waals surface area contributed by atoms with E-state index in [-0.39, 0.29) is 10.8 Å². The molecule has 9 heteroatoms. The molecule has 0 aromatic heterocycles. The molecule has 1 aromatic rings. The number of amides is 1. The Labute approximate surface area is 159 Å². The number of ether oxygens (including phenoxy) is 2. The van der Waals surface area contributed by atoms with Crippen LogP contribution in [0.5, 0.6) is 0 Å². The normalized spacial score (nSPS) is 18.9. The number of anilines is 1. The fourth-order valence-corrected chi connectivity index (χ4v) is 4.57. The predicted octanol–water partition coefficient (Wildman–Crippen LogP) is 0.460. The van der Waals surface area contributed by atoms with Crippen molar-refractivity contribution in [1.82, 2.24) is 9.62 Å². The number of morpholine rings is 2. The van der Waals surface area contributed by atoms with E-state index in [0.29, 0.717) is 70.4 Å². The molecule has 0 aliphatic carbocycles. The summed E-state index contributed by atoms with van der Waals surface area (Å²) in [7, 11) is -3.68. The van der Waals surface area contributed by atoms with E-state index in [1.54, 1.807) is 18.2 Å². The van der Waals surface area contributed by atoms with Crippen LogP contribution in [0.25, 0.3) is 0 Å². The van der Waals surface area contributed by atoms with E-state index >= 15 is 0 Å². The highest BCUT2D eigenvalue weighted by Crippen LogP contribution is 2.27. The maximum Gasteiger partial charge on any atom is 0.253 e. The topological polar surface area (TPSA) is 88.2 Å². The van der Waals surface area contributed by atoms with Crippen molar-refractivity contribution in [3.63, 3.8) is 0 Å². The Hall–Kier alpha value is -1.94. The molecule has 8 nitrogen and oxygen atoms in total. The van der Waals surface area contributed by atoms with Gasteiger partial charge in [0.15, 0.2) is 0 Å². The Morgan fingerprint density at radius 2 is 1.74 bits per heavy atom. The molecule has 2 aliphatic rings. The SMILES string of the molecule is C=CCNC(=O)c1cc(S(=O)(=O)N2CCOCC2)ccc1N1CCOCC1. The number of hydrogen-bond donors (Lipinski definition) is 1. The van der Waals surface area contributed by atoms with Crippen LogP contribution in [0, 0.1) is 0 Å². The van der Waals surface area contributed by atoms with Crippen molar-refractivity contribution in [3.05, 3.63) is 36.4 Å². The molecule has 2 heterocycles. The van der Waals surface area contributed by atoms with Gasteiger partial charge in [0.05, 0.1) is 36.9 Å². The van der Waals surface area contributed by atoms with Crippen molar-refractivity contribution in [1.29, 1.82) is 0 Å². The Kier molecular flexibility index (Phi) is 6.48. The van der Waals surface area contributed by atoms with Gasteiger partial charge in [0.1, 0.15) is 0 Å². The van der Waals surface area contributed by atoms with Gasteiger partial charge in [0.25, 0.3) is 5.91 Å². The number of hydrogen-bond acceptors (Lipinski definition) is 6.